The lowest BCUT2D eigenvalue weighted by molar-refractivity contribution is -0.312. The molecule has 7 atom stereocenters. The topological polar surface area (TPSA) is 139 Å². The molecule has 3 heterocycles. The molecule has 4 aromatic rings. The van der Waals surface area contributed by atoms with Crippen LogP contribution in [0.25, 0.3) is 11.3 Å². The quantitative estimate of drug-likeness (QED) is 0.237. The molecule has 3 aromatic carbocycles. The van der Waals surface area contributed by atoms with Crippen LogP contribution in [0, 0.1) is 17.5 Å². The average molecular weight is 715 g/mol. The number of ether oxygens (including phenoxy) is 4. The van der Waals surface area contributed by atoms with E-state index in [0.717, 1.165) is 10.7 Å². The highest BCUT2D eigenvalue weighted by Crippen LogP contribution is 2.43. The number of fused-ring (bicyclic) bond motifs is 1. The number of rotatable bonds is 8. The first-order valence-corrected chi connectivity index (χ1v) is 16.3. The number of hydrogen-bond acceptors (Lipinski definition) is 9. The first-order chi connectivity index (χ1) is 22.3. The summed E-state index contributed by atoms with van der Waals surface area (Å²) in [6.07, 6.45) is -5.14. The molecule has 2 unspecified atom stereocenters. The first-order valence-electron chi connectivity index (χ1n) is 14.0. The van der Waals surface area contributed by atoms with Gasteiger partial charge >= 0.3 is 5.97 Å². The fraction of sp³-hybridized carbons (Fsp3) is 0.300. The highest BCUT2D eigenvalue weighted by atomic mass is 35.5. The van der Waals surface area contributed by atoms with Crippen LogP contribution in [0.2, 0.25) is 10.0 Å². The minimum atomic E-state index is -4.54. The van der Waals surface area contributed by atoms with Gasteiger partial charge in [-0.25, -0.2) is 31.1 Å². The number of nitrogens with zero attached hydrogens (tertiary/aromatic N) is 3. The van der Waals surface area contributed by atoms with Crippen molar-refractivity contribution in [2.24, 2.45) is 0 Å². The van der Waals surface area contributed by atoms with Crippen molar-refractivity contribution in [1.82, 2.24) is 15.0 Å². The number of carbonyl (C=O) groups is 1. The SMILES string of the molecule is CC(O[C@@H]1[C@@H](n2cc(-c3cc(F)c(F)c(F)c3)nn2)[C@H]2OC(c3ccccc3)OC[C@H]2O[C@@H]1S(=O)(=O)c1ccc(Cl)c(Cl)c1)C(=O)O. The highest BCUT2D eigenvalue weighted by Gasteiger charge is 2.56. The zero-order valence-corrected chi connectivity index (χ0v) is 26.4. The fourth-order valence-corrected chi connectivity index (χ4v) is 7.42. The molecule has 0 saturated carbocycles. The third kappa shape index (κ3) is 6.48. The number of hydrogen-bond donors (Lipinski definition) is 1. The van der Waals surface area contributed by atoms with Crippen LogP contribution in [0.15, 0.2) is 71.8 Å². The molecule has 1 aromatic heterocycles. The summed E-state index contributed by atoms with van der Waals surface area (Å²) in [5, 5.41) is 17.9. The number of aromatic nitrogens is 3. The van der Waals surface area contributed by atoms with Gasteiger partial charge in [0.25, 0.3) is 0 Å². The highest BCUT2D eigenvalue weighted by molar-refractivity contribution is 7.92. The van der Waals surface area contributed by atoms with Crippen molar-refractivity contribution < 1.29 is 50.4 Å². The Labute approximate surface area is 275 Å². The van der Waals surface area contributed by atoms with Crippen molar-refractivity contribution in [3.63, 3.8) is 0 Å². The molecular formula is C30H24Cl2F3N3O8S. The minimum Gasteiger partial charge on any atom is -0.479 e. The molecule has 2 fully saturated rings. The van der Waals surface area contributed by atoms with Crippen molar-refractivity contribution in [2.45, 2.75) is 54.0 Å². The zero-order valence-electron chi connectivity index (χ0n) is 24.0. The average Bonchev–Trinajstić information content (AvgIpc) is 3.54. The lowest BCUT2D eigenvalue weighted by atomic mass is 9.95. The maximum Gasteiger partial charge on any atom is 0.332 e. The summed E-state index contributed by atoms with van der Waals surface area (Å²) in [5.74, 6) is -6.03. The molecule has 248 valence electrons. The molecule has 11 nitrogen and oxygen atoms in total. The molecule has 17 heteroatoms. The fourth-order valence-electron chi connectivity index (χ4n) is 5.38. The van der Waals surface area contributed by atoms with Crippen molar-refractivity contribution in [1.29, 1.82) is 0 Å². The van der Waals surface area contributed by atoms with Crippen LogP contribution in [0.3, 0.4) is 0 Å². The van der Waals surface area contributed by atoms with Crippen LogP contribution >= 0.6 is 23.2 Å². The van der Waals surface area contributed by atoms with Gasteiger partial charge in [0.15, 0.2) is 35.3 Å². The summed E-state index contributed by atoms with van der Waals surface area (Å²) in [6.45, 7) is 1.02. The van der Waals surface area contributed by atoms with Crippen LogP contribution in [0.1, 0.15) is 24.8 Å². The molecule has 0 radical (unpaired) electrons. The van der Waals surface area contributed by atoms with Crippen molar-refractivity contribution >= 4 is 39.0 Å². The summed E-state index contributed by atoms with van der Waals surface area (Å²) < 4.78 is 95.7. The number of benzene rings is 3. The van der Waals surface area contributed by atoms with E-state index in [1.165, 1.54) is 25.3 Å². The van der Waals surface area contributed by atoms with E-state index in [1.807, 2.05) is 0 Å². The predicted molar refractivity (Wildman–Crippen MR) is 159 cm³/mol. The van der Waals surface area contributed by atoms with Crippen LogP contribution in [0.4, 0.5) is 13.2 Å². The Morgan fingerprint density at radius 3 is 2.40 bits per heavy atom. The monoisotopic (exact) mass is 713 g/mol. The second kappa shape index (κ2) is 13.1. The lowest BCUT2D eigenvalue weighted by Crippen LogP contribution is -2.62. The van der Waals surface area contributed by atoms with Crippen molar-refractivity contribution in [3.05, 3.63) is 99.9 Å². The smallest absolute Gasteiger partial charge is 0.332 e. The molecule has 47 heavy (non-hydrogen) atoms. The van der Waals surface area contributed by atoms with Gasteiger partial charge < -0.3 is 24.1 Å². The van der Waals surface area contributed by atoms with E-state index in [1.54, 1.807) is 30.3 Å². The van der Waals surface area contributed by atoms with Gasteiger partial charge in [0, 0.05) is 11.1 Å². The van der Waals surface area contributed by atoms with Gasteiger partial charge in [-0.3, -0.25) is 0 Å². The van der Waals surface area contributed by atoms with E-state index in [4.69, 9.17) is 42.1 Å². The minimum absolute atomic E-state index is 0.0657. The second-order valence-corrected chi connectivity index (χ2v) is 13.6. The van der Waals surface area contributed by atoms with E-state index in [-0.39, 0.29) is 32.8 Å². The largest absolute Gasteiger partial charge is 0.479 e. The zero-order chi connectivity index (χ0) is 33.6. The maximum atomic E-state index is 14.2. The molecular weight excluding hydrogens is 690 g/mol. The molecule has 2 aliphatic heterocycles. The van der Waals surface area contributed by atoms with Gasteiger partial charge in [0.2, 0.25) is 9.84 Å². The summed E-state index contributed by atoms with van der Waals surface area (Å²) in [6, 6.07) is 12.5. The number of carboxylic acids is 1. The van der Waals surface area contributed by atoms with E-state index < -0.39 is 75.4 Å². The molecule has 0 amide bonds. The van der Waals surface area contributed by atoms with E-state index in [9.17, 15) is 31.5 Å². The number of carboxylic acid groups (broad SMARTS) is 1. The molecule has 0 aliphatic carbocycles. The van der Waals surface area contributed by atoms with Crippen molar-refractivity contribution in [2.75, 3.05) is 6.61 Å². The second-order valence-electron chi connectivity index (χ2n) is 10.7. The van der Waals surface area contributed by atoms with Crippen LogP contribution in [-0.2, 0) is 33.6 Å². The van der Waals surface area contributed by atoms with Gasteiger partial charge in [0.05, 0.1) is 27.7 Å². The standard InChI is InChI=1S/C30H24Cl2F3N3O8S/c1-14(28(39)40)44-27-25(38-12-22(36-37-38)16-9-20(33)24(35)21(34)10-16)26-23(13-43-29(46-26)15-5-3-2-4-6-15)45-30(27)47(41,42)17-7-8-18(31)19(32)11-17/h2-12,14,23,25-27,29-30H,13H2,1H3,(H,39,40)/t14?,23-,25+,26+,27-,29?,30-/m1/s1. The Morgan fingerprint density at radius 1 is 1.04 bits per heavy atom. The maximum absolute atomic E-state index is 14.2. The summed E-state index contributed by atoms with van der Waals surface area (Å²) in [4.78, 5) is 11.7. The molecule has 1 N–H and O–H groups in total. The third-order valence-corrected chi connectivity index (χ3v) is 10.4. The predicted octanol–water partition coefficient (Wildman–Crippen LogP) is 5.38. The van der Waals surface area contributed by atoms with Crippen LogP contribution in [-0.4, -0.2) is 70.9 Å². The Morgan fingerprint density at radius 2 is 1.74 bits per heavy atom. The number of halogens is 5. The van der Waals surface area contributed by atoms with Crippen molar-refractivity contribution in [3.8, 4) is 11.3 Å². The number of sulfone groups is 1. The Balaban J connectivity index is 1.49. The first kappa shape index (κ1) is 33.3. The van der Waals surface area contributed by atoms with Gasteiger partial charge in [-0.1, -0.05) is 58.7 Å². The van der Waals surface area contributed by atoms with E-state index in [2.05, 4.69) is 10.3 Å². The Kier molecular flexibility index (Phi) is 9.32. The summed E-state index contributed by atoms with van der Waals surface area (Å²) in [7, 11) is -4.54. The molecule has 0 bridgehead atoms. The third-order valence-electron chi connectivity index (χ3n) is 7.71. The van der Waals surface area contributed by atoms with Gasteiger partial charge in [0.1, 0.15) is 30.0 Å². The van der Waals surface area contributed by atoms with Gasteiger partial charge in [-0.05, 0) is 37.3 Å². The van der Waals surface area contributed by atoms with E-state index >= 15 is 0 Å². The molecule has 6 rings (SSSR count). The summed E-state index contributed by atoms with van der Waals surface area (Å²) >= 11 is 12.2. The van der Waals surface area contributed by atoms with E-state index in [0.29, 0.717) is 17.7 Å². The van der Waals surface area contributed by atoms with Crippen LogP contribution < -0.4 is 0 Å². The van der Waals surface area contributed by atoms with Gasteiger partial charge in [-0.2, -0.15) is 0 Å². The normalized spacial score (nSPS) is 25.2. The molecule has 2 saturated heterocycles. The van der Waals surface area contributed by atoms with Crippen LogP contribution in [0.5, 0.6) is 0 Å². The molecule has 0 spiro atoms. The Hall–Kier alpha value is -3.57. The summed E-state index contributed by atoms with van der Waals surface area (Å²) in [5.41, 5.74) is -1.57. The number of aliphatic carboxylic acids is 1. The van der Waals surface area contributed by atoms with Gasteiger partial charge in [-0.15, -0.1) is 5.10 Å². The lowest BCUT2D eigenvalue weighted by Gasteiger charge is -2.49. The molecule has 2 aliphatic rings. The Bertz CT molecular complexity index is 1900.